The highest BCUT2D eigenvalue weighted by molar-refractivity contribution is 5.73. The Morgan fingerprint density at radius 2 is 2.17 bits per heavy atom. The van der Waals surface area contributed by atoms with Crippen LogP contribution in [0.4, 0.5) is 0 Å². The molecule has 1 atom stereocenters. The summed E-state index contributed by atoms with van der Waals surface area (Å²) in [6.07, 6.45) is 0.302. The van der Waals surface area contributed by atoms with Crippen molar-refractivity contribution in [3.63, 3.8) is 0 Å². The first-order valence-corrected chi connectivity index (χ1v) is 3.91. The van der Waals surface area contributed by atoms with Crippen molar-refractivity contribution in [2.45, 2.75) is 26.4 Å². The molecule has 0 aromatic heterocycles. The van der Waals surface area contributed by atoms with E-state index in [4.69, 9.17) is 4.74 Å². The van der Waals surface area contributed by atoms with Crippen LogP contribution in [-0.4, -0.2) is 25.8 Å². The van der Waals surface area contributed by atoms with E-state index in [1.165, 1.54) is 7.11 Å². The number of rotatable bonds is 5. The van der Waals surface area contributed by atoms with Crippen LogP contribution in [0.5, 0.6) is 0 Å². The molecule has 0 aliphatic rings. The molecule has 70 valence electrons. The maximum atomic E-state index is 10.8. The van der Waals surface area contributed by atoms with Gasteiger partial charge in [0.15, 0.2) is 6.10 Å². The molecular weight excluding hydrogens is 156 g/mol. The number of esters is 1. The zero-order chi connectivity index (χ0) is 9.56. The van der Waals surface area contributed by atoms with Gasteiger partial charge in [0.1, 0.15) is 0 Å². The molecule has 0 unspecified atom stereocenters. The summed E-state index contributed by atoms with van der Waals surface area (Å²) in [6, 6.07) is 0. The lowest BCUT2D eigenvalue weighted by atomic mass is 10.2. The maximum absolute atomic E-state index is 10.8. The van der Waals surface area contributed by atoms with Crippen LogP contribution in [0.1, 0.15) is 20.3 Å². The molecule has 0 spiro atoms. The lowest BCUT2D eigenvalue weighted by Crippen LogP contribution is -2.22. The van der Waals surface area contributed by atoms with Crippen LogP contribution in [0.3, 0.4) is 0 Å². The predicted octanol–water partition coefficient (Wildman–Crippen LogP) is 1.53. The molecule has 0 amide bonds. The largest absolute Gasteiger partial charge is 0.467 e. The van der Waals surface area contributed by atoms with Gasteiger partial charge in [-0.1, -0.05) is 5.57 Å². The quantitative estimate of drug-likeness (QED) is 0.466. The van der Waals surface area contributed by atoms with E-state index in [-0.39, 0.29) is 5.97 Å². The topological polar surface area (TPSA) is 35.5 Å². The van der Waals surface area contributed by atoms with Gasteiger partial charge in [-0.2, -0.15) is 0 Å². The van der Waals surface area contributed by atoms with Gasteiger partial charge >= 0.3 is 5.97 Å². The van der Waals surface area contributed by atoms with Gasteiger partial charge in [-0.3, -0.25) is 0 Å². The number of hydrogen-bond acceptors (Lipinski definition) is 3. The summed E-state index contributed by atoms with van der Waals surface area (Å²) < 4.78 is 9.65. The Hall–Kier alpha value is -0.830. The smallest absolute Gasteiger partial charge is 0.334 e. The lowest BCUT2D eigenvalue weighted by Gasteiger charge is -2.09. The van der Waals surface area contributed by atoms with Gasteiger partial charge in [0, 0.05) is 0 Å². The summed E-state index contributed by atoms with van der Waals surface area (Å²) in [5.41, 5.74) is 1.05. The van der Waals surface area contributed by atoms with E-state index in [0.29, 0.717) is 6.61 Å². The van der Waals surface area contributed by atoms with E-state index < -0.39 is 6.10 Å². The maximum Gasteiger partial charge on any atom is 0.334 e. The Morgan fingerprint density at radius 1 is 1.58 bits per heavy atom. The summed E-state index contributed by atoms with van der Waals surface area (Å²) in [5, 5.41) is 0. The van der Waals surface area contributed by atoms with Gasteiger partial charge in [0.05, 0.1) is 13.7 Å². The van der Waals surface area contributed by atoms with Crippen LogP contribution < -0.4 is 0 Å². The van der Waals surface area contributed by atoms with E-state index in [1.54, 1.807) is 6.92 Å². The first kappa shape index (κ1) is 11.2. The molecule has 0 N–H and O–H groups in total. The van der Waals surface area contributed by atoms with Crippen molar-refractivity contribution in [2.75, 3.05) is 13.7 Å². The third kappa shape index (κ3) is 4.91. The second kappa shape index (κ2) is 5.77. The molecule has 0 bridgehead atoms. The molecule has 0 aliphatic carbocycles. The number of hydrogen-bond donors (Lipinski definition) is 0. The minimum atomic E-state index is -0.477. The van der Waals surface area contributed by atoms with E-state index in [0.717, 1.165) is 12.0 Å². The van der Waals surface area contributed by atoms with Crippen LogP contribution in [0.2, 0.25) is 0 Å². The van der Waals surface area contributed by atoms with Crippen LogP contribution >= 0.6 is 0 Å². The SMILES string of the molecule is C=C(C)CCO[C@@H](C)C(=O)OC. The summed E-state index contributed by atoms with van der Waals surface area (Å²) in [7, 11) is 1.35. The number of carbonyl (C=O) groups excluding carboxylic acids is 1. The fraction of sp³-hybridized carbons (Fsp3) is 0.667. The number of carbonyl (C=O) groups is 1. The summed E-state index contributed by atoms with van der Waals surface area (Å²) >= 11 is 0. The molecule has 0 saturated carbocycles. The van der Waals surface area contributed by atoms with Crippen molar-refractivity contribution in [1.29, 1.82) is 0 Å². The van der Waals surface area contributed by atoms with Gasteiger partial charge < -0.3 is 9.47 Å². The average molecular weight is 172 g/mol. The summed E-state index contributed by atoms with van der Waals surface area (Å²) in [5.74, 6) is -0.336. The number of ether oxygens (including phenoxy) is 2. The Bertz CT molecular complexity index is 163. The first-order valence-electron chi connectivity index (χ1n) is 3.91. The highest BCUT2D eigenvalue weighted by Crippen LogP contribution is 1.99. The normalized spacial score (nSPS) is 12.2. The van der Waals surface area contributed by atoms with Crippen LogP contribution in [0, 0.1) is 0 Å². The summed E-state index contributed by atoms with van der Waals surface area (Å²) in [4.78, 5) is 10.8. The lowest BCUT2D eigenvalue weighted by molar-refractivity contribution is -0.152. The average Bonchev–Trinajstić information content (AvgIpc) is 2.02. The standard InChI is InChI=1S/C9H16O3/c1-7(2)5-6-12-8(3)9(10)11-4/h8H,1,5-6H2,2-4H3/t8-/m0/s1. The van der Waals surface area contributed by atoms with Crippen molar-refractivity contribution in [3.05, 3.63) is 12.2 Å². The van der Waals surface area contributed by atoms with Crippen LogP contribution in [-0.2, 0) is 14.3 Å². The fourth-order valence-corrected chi connectivity index (χ4v) is 0.644. The summed E-state index contributed by atoms with van der Waals surface area (Å²) in [6.45, 7) is 7.83. The van der Waals surface area contributed by atoms with Crippen molar-refractivity contribution in [3.8, 4) is 0 Å². The molecule has 0 saturated heterocycles. The van der Waals surface area contributed by atoms with Gasteiger partial charge in [-0.25, -0.2) is 4.79 Å². The number of methoxy groups -OCH3 is 1. The molecule has 0 aromatic carbocycles. The second-order valence-electron chi connectivity index (χ2n) is 2.74. The predicted molar refractivity (Wildman–Crippen MR) is 46.9 cm³/mol. The Kier molecular flexibility index (Phi) is 5.37. The third-order valence-electron chi connectivity index (χ3n) is 1.43. The molecule has 0 rings (SSSR count). The van der Waals surface area contributed by atoms with E-state index >= 15 is 0 Å². The van der Waals surface area contributed by atoms with Gasteiger partial charge in [0.25, 0.3) is 0 Å². The van der Waals surface area contributed by atoms with Crippen LogP contribution in [0.25, 0.3) is 0 Å². The highest BCUT2D eigenvalue weighted by atomic mass is 16.6. The van der Waals surface area contributed by atoms with Crippen molar-refractivity contribution in [1.82, 2.24) is 0 Å². The van der Waals surface area contributed by atoms with E-state index in [9.17, 15) is 4.79 Å². The van der Waals surface area contributed by atoms with Gasteiger partial charge in [-0.15, -0.1) is 6.58 Å². The Balaban J connectivity index is 3.50. The van der Waals surface area contributed by atoms with Gasteiger partial charge in [-0.05, 0) is 20.3 Å². The molecule has 0 radical (unpaired) electrons. The second-order valence-corrected chi connectivity index (χ2v) is 2.74. The highest BCUT2D eigenvalue weighted by Gasteiger charge is 2.12. The molecule has 0 fully saturated rings. The minimum absolute atomic E-state index is 0.336. The Morgan fingerprint density at radius 3 is 2.58 bits per heavy atom. The Labute approximate surface area is 73.4 Å². The molecule has 3 heteroatoms. The molecular formula is C9H16O3. The third-order valence-corrected chi connectivity index (χ3v) is 1.43. The molecule has 0 heterocycles. The van der Waals surface area contributed by atoms with Crippen molar-refractivity contribution in [2.24, 2.45) is 0 Å². The molecule has 0 aliphatic heterocycles. The van der Waals surface area contributed by atoms with Crippen molar-refractivity contribution < 1.29 is 14.3 Å². The molecule has 3 nitrogen and oxygen atoms in total. The van der Waals surface area contributed by atoms with Gasteiger partial charge in [0.2, 0.25) is 0 Å². The van der Waals surface area contributed by atoms with E-state index in [1.807, 2.05) is 6.92 Å². The monoisotopic (exact) mass is 172 g/mol. The zero-order valence-electron chi connectivity index (χ0n) is 7.92. The minimum Gasteiger partial charge on any atom is -0.467 e. The van der Waals surface area contributed by atoms with E-state index in [2.05, 4.69) is 11.3 Å². The molecule has 0 aromatic rings. The fourth-order valence-electron chi connectivity index (χ4n) is 0.644. The molecule has 12 heavy (non-hydrogen) atoms. The van der Waals surface area contributed by atoms with Crippen molar-refractivity contribution >= 4 is 5.97 Å². The zero-order valence-corrected chi connectivity index (χ0v) is 7.92. The first-order chi connectivity index (χ1) is 5.57. The van der Waals surface area contributed by atoms with Crippen LogP contribution in [0.15, 0.2) is 12.2 Å².